The first-order valence-electron chi connectivity index (χ1n) is 19.0. The molecule has 0 fully saturated rings. The molecule has 0 spiro atoms. The second-order valence-corrected chi connectivity index (χ2v) is 14.6. The van der Waals surface area contributed by atoms with E-state index >= 15 is 0 Å². The molecule has 0 heterocycles. The molecule has 2 heteroatoms. The lowest BCUT2D eigenvalue weighted by Crippen LogP contribution is -1.89. The summed E-state index contributed by atoms with van der Waals surface area (Å²) < 4.78 is 5.22. The lowest BCUT2D eigenvalue weighted by Gasteiger charge is -2.07. The van der Waals surface area contributed by atoms with E-state index < -0.39 is 0 Å². The number of hydrogen-bond acceptors (Lipinski definition) is 2. The number of para-hydroxylation sites is 1. The van der Waals surface area contributed by atoms with E-state index in [1.165, 1.54) is 70.3 Å². The SMILES string of the molecule is COc1cccc(C/C=C(\C)CC/C=C(\C)CC/C=C(\C)CC/C=C(\C)CC/C=C(\C)CC/C=C(\C)CC/C=C(\C)CCC=C(C)C)c1O. The van der Waals surface area contributed by atoms with Crippen molar-refractivity contribution in [2.24, 2.45) is 0 Å². The Kier molecular flexibility index (Phi) is 23.7. The summed E-state index contributed by atoms with van der Waals surface area (Å²) in [5.41, 5.74) is 12.7. The van der Waals surface area contributed by atoms with Crippen molar-refractivity contribution >= 4 is 0 Å². The summed E-state index contributed by atoms with van der Waals surface area (Å²) >= 11 is 0. The van der Waals surface area contributed by atoms with Crippen LogP contribution in [-0.2, 0) is 6.42 Å². The van der Waals surface area contributed by atoms with Crippen molar-refractivity contribution in [3.8, 4) is 11.5 Å². The molecule has 0 aromatic heterocycles. The van der Waals surface area contributed by atoms with E-state index in [1.807, 2.05) is 12.1 Å². The minimum Gasteiger partial charge on any atom is -0.504 e. The zero-order valence-electron chi connectivity index (χ0n) is 33.3. The standard InChI is InChI=1S/C47H72O2/c1-37(2)19-11-20-38(3)21-12-22-39(4)23-13-24-40(5)25-14-26-41(6)27-15-28-42(7)29-16-30-43(8)31-17-32-44(9)35-36-45-33-18-34-46(49-10)47(45)48/h18-19,21,23,25,27,29,31,33-35,48H,11-17,20,22,24,26,28,30,32,36H2,1-10H3/b38-21+,39-23+,40-25+,41-27+,42-29+,43-31+,44-35+. The lowest BCUT2D eigenvalue weighted by molar-refractivity contribution is 0.371. The van der Waals surface area contributed by atoms with E-state index in [1.54, 1.807) is 13.2 Å². The zero-order chi connectivity index (χ0) is 36.4. The van der Waals surface area contributed by atoms with Crippen LogP contribution >= 0.6 is 0 Å². The van der Waals surface area contributed by atoms with Gasteiger partial charge < -0.3 is 9.84 Å². The molecule has 0 atom stereocenters. The fourth-order valence-corrected chi connectivity index (χ4v) is 5.76. The minimum atomic E-state index is 0.248. The lowest BCUT2D eigenvalue weighted by atomic mass is 10.0. The number of phenols is 1. The van der Waals surface area contributed by atoms with Crippen molar-refractivity contribution in [2.75, 3.05) is 7.11 Å². The number of hydrogen-bond donors (Lipinski definition) is 1. The number of rotatable bonds is 24. The fourth-order valence-electron chi connectivity index (χ4n) is 5.76. The average Bonchev–Trinajstić information content (AvgIpc) is 3.04. The first-order chi connectivity index (χ1) is 23.4. The Morgan fingerprint density at radius 3 is 1.08 bits per heavy atom. The Balaban J connectivity index is 2.26. The van der Waals surface area contributed by atoms with Gasteiger partial charge in [0.25, 0.3) is 0 Å². The smallest absolute Gasteiger partial charge is 0.161 e. The van der Waals surface area contributed by atoms with Crippen LogP contribution in [0.5, 0.6) is 11.5 Å². The maximum atomic E-state index is 10.3. The second kappa shape index (κ2) is 26.6. The van der Waals surface area contributed by atoms with Crippen molar-refractivity contribution < 1.29 is 9.84 Å². The largest absolute Gasteiger partial charge is 0.504 e. The van der Waals surface area contributed by atoms with Crippen molar-refractivity contribution in [3.63, 3.8) is 0 Å². The molecule has 0 saturated carbocycles. The molecule has 0 aliphatic rings. The number of phenolic OH excluding ortho intramolecular Hbond substituents is 1. The highest BCUT2D eigenvalue weighted by Crippen LogP contribution is 2.30. The molecule has 1 rings (SSSR count). The molecule has 2 nitrogen and oxygen atoms in total. The molecule has 0 radical (unpaired) electrons. The molecule has 1 N–H and O–H groups in total. The van der Waals surface area contributed by atoms with E-state index in [2.05, 4.69) is 111 Å². The predicted octanol–water partition coefficient (Wildman–Crippen LogP) is 15.0. The number of benzene rings is 1. The van der Waals surface area contributed by atoms with Gasteiger partial charge in [-0.2, -0.15) is 0 Å². The van der Waals surface area contributed by atoms with Gasteiger partial charge >= 0.3 is 0 Å². The summed E-state index contributed by atoms with van der Waals surface area (Å²) in [7, 11) is 1.59. The van der Waals surface area contributed by atoms with Gasteiger partial charge in [-0.05, 0) is 165 Å². The maximum absolute atomic E-state index is 10.3. The number of methoxy groups -OCH3 is 1. The molecule has 0 bridgehead atoms. The van der Waals surface area contributed by atoms with Crippen LogP contribution in [0.4, 0.5) is 0 Å². The van der Waals surface area contributed by atoms with Gasteiger partial charge in [0, 0.05) is 5.56 Å². The Morgan fingerprint density at radius 1 is 0.469 bits per heavy atom. The van der Waals surface area contributed by atoms with Crippen LogP contribution in [0.25, 0.3) is 0 Å². The molecule has 0 aliphatic heterocycles. The quantitative estimate of drug-likeness (QED) is 0.111. The topological polar surface area (TPSA) is 29.5 Å². The normalized spacial score (nSPS) is 14.0. The van der Waals surface area contributed by atoms with Gasteiger partial charge in [-0.1, -0.05) is 105 Å². The molecule has 272 valence electrons. The Hall–Kier alpha value is -3.26. The van der Waals surface area contributed by atoms with Crippen LogP contribution in [0.2, 0.25) is 0 Å². The van der Waals surface area contributed by atoms with Crippen molar-refractivity contribution in [2.45, 2.75) is 159 Å². The van der Waals surface area contributed by atoms with Crippen LogP contribution in [0.15, 0.2) is 111 Å². The van der Waals surface area contributed by atoms with Crippen LogP contribution in [0.3, 0.4) is 0 Å². The molecule has 1 aromatic carbocycles. The first-order valence-corrected chi connectivity index (χ1v) is 19.0. The molecule has 0 saturated heterocycles. The van der Waals surface area contributed by atoms with Gasteiger partial charge in [0.15, 0.2) is 11.5 Å². The monoisotopic (exact) mass is 669 g/mol. The summed E-state index contributed by atoms with van der Waals surface area (Å²) in [4.78, 5) is 0. The highest BCUT2D eigenvalue weighted by Gasteiger charge is 2.06. The molecule has 49 heavy (non-hydrogen) atoms. The first kappa shape index (κ1) is 43.8. The van der Waals surface area contributed by atoms with Crippen molar-refractivity contribution in [1.29, 1.82) is 0 Å². The molecule has 1 aromatic rings. The van der Waals surface area contributed by atoms with Gasteiger partial charge in [-0.3, -0.25) is 0 Å². The number of allylic oxidation sites excluding steroid dienone is 16. The van der Waals surface area contributed by atoms with E-state index in [-0.39, 0.29) is 5.75 Å². The molecular formula is C47H72O2. The van der Waals surface area contributed by atoms with E-state index in [4.69, 9.17) is 4.74 Å². The number of aromatic hydroxyl groups is 1. The van der Waals surface area contributed by atoms with Crippen LogP contribution in [-0.4, -0.2) is 12.2 Å². The maximum Gasteiger partial charge on any atom is 0.161 e. The fraction of sp³-hybridized carbons (Fsp3) is 0.532. The van der Waals surface area contributed by atoms with Gasteiger partial charge in [0.2, 0.25) is 0 Å². The van der Waals surface area contributed by atoms with Gasteiger partial charge in [0.1, 0.15) is 0 Å². The van der Waals surface area contributed by atoms with Crippen molar-refractivity contribution in [3.05, 3.63) is 117 Å². The third kappa shape index (κ3) is 22.9. The third-order valence-corrected chi connectivity index (χ3v) is 9.25. The number of ether oxygens (including phenoxy) is 1. The van der Waals surface area contributed by atoms with E-state index in [0.29, 0.717) is 5.75 Å². The molecule has 0 aliphatic carbocycles. The van der Waals surface area contributed by atoms with Gasteiger partial charge in [-0.25, -0.2) is 0 Å². The van der Waals surface area contributed by atoms with E-state index in [0.717, 1.165) is 76.2 Å². The predicted molar refractivity (Wildman–Crippen MR) is 219 cm³/mol. The Bertz CT molecular complexity index is 1350. The molecule has 0 unspecified atom stereocenters. The Morgan fingerprint density at radius 2 is 0.776 bits per heavy atom. The Labute approximate surface area is 303 Å². The van der Waals surface area contributed by atoms with Gasteiger partial charge in [0.05, 0.1) is 7.11 Å². The van der Waals surface area contributed by atoms with Crippen LogP contribution < -0.4 is 4.74 Å². The summed E-state index contributed by atoms with van der Waals surface area (Å²) in [6.45, 7) is 20.2. The molecular weight excluding hydrogens is 597 g/mol. The highest BCUT2D eigenvalue weighted by atomic mass is 16.5. The summed E-state index contributed by atoms with van der Waals surface area (Å²) in [6, 6.07) is 5.67. The third-order valence-electron chi connectivity index (χ3n) is 9.25. The van der Waals surface area contributed by atoms with Crippen LogP contribution in [0.1, 0.15) is 158 Å². The molecule has 0 amide bonds. The average molecular weight is 669 g/mol. The summed E-state index contributed by atoms with van der Waals surface area (Å²) in [6.07, 6.45) is 35.8. The van der Waals surface area contributed by atoms with Crippen molar-refractivity contribution in [1.82, 2.24) is 0 Å². The minimum absolute atomic E-state index is 0.248. The van der Waals surface area contributed by atoms with Gasteiger partial charge in [-0.15, -0.1) is 0 Å². The van der Waals surface area contributed by atoms with Crippen LogP contribution in [0, 0.1) is 0 Å². The summed E-state index contributed by atoms with van der Waals surface area (Å²) in [5, 5.41) is 10.3. The summed E-state index contributed by atoms with van der Waals surface area (Å²) in [5.74, 6) is 0.783. The zero-order valence-corrected chi connectivity index (χ0v) is 33.3. The second-order valence-electron chi connectivity index (χ2n) is 14.6. The van der Waals surface area contributed by atoms with E-state index in [9.17, 15) is 5.11 Å². The highest BCUT2D eigenvalue weighted by molar-refractivity contribution is 5.46.